The number of halogens is 6. The van der Waals surface area contributed by atoms with E-state index in [1.165, 1.54) is 0 Å². The van der Waals surface area contributed by atoms with Crippen LogP contribution >= 0.6 is 0 Å². The lowest BCUT2D eigenvalue weighted by atomic mass is 9.83. The Labute approximate surface area is 182 Å². The molecule has 1 amide bonds. The third-order valence-corrected chi connectivity index (χ3v) is 4.95. The van der Waals surface area contributed by atoms with Crippen molar-refractivity contribution >= 4 is 11.9 Å². The van der Waals surface area contributed by atoms with Crippen molar-refractivity contribution in [2.24, 2.45) is 5.92 Å². The van der Waals surface area contributed by atoms with Gasteiger partial charge in [-0.25, -0.2) is 0 Å². The lowest BCUT2D eigenvalue weighted by Gasteiger charge is -2.35. The Morgan fingerprint density at radius 3 is 2.12 bits per heavy atom. The van der Waals surface area contributed by atoms with Crippen LogP contribution < -0.4 is 10.6 Å². The van der Waals surface area contributed by atoms with E-state index in [9.17, 15) is 31.1 Å². The maximum Gasteiger partial charge on any atom is 0.411 e. The van der Waals surface area contributed by atoms with Gasteiger partial charge in [-0.15, -0.1) is 0 Å². The molecule has 32 heavy (non-hydrogen) atoms. The molecule has 0 aromatic heterocycles. The van der Waals surface area contributed by atoms with Crippen molar-refractivity contribution in [1.82, 2.24) is 10.6 Å². The number of carbonyl (C=O) groups excluding carboxylic acids is 1. The average Bonchev–Trinajstić information content (AvgIpc) is 2.68. The van der Waals surface area contributed by atoms with Crippen LogP contribution in [0.25, 0.3) is 0 Å². The van der Waals surface area contributed by atoms with E-state index in [0.29, 0.717) is 6.54 Å². The van der Waals surface area contributed by atoms with Gasteiger partial charge < -0.3 is 25.2 Å². The topological polar surface area (TPSA) is 96.9 Å². The molecule has 0 spiro atoms. The minimum atomic E-state index is -4.54. The Balaban J connectivity index is 0.00000118. The number of nitrogens with one attached hydrogen (secondary N) is 2. The molecular formula is C19H30F6N2O5. The fraction of sp³-hybridized carbons (Fsp3) is 0.895. The van der Waals surface area contributed by atoms with E-state index in [2.05, 4.69) is 10.6 Å². The number of carbonyl (C=O) groups is 2. The summed E-state index contributed by atoms with van der Waals surface area (Å²) in [5.74, 6) is -2.34. The zero-order valence-corrected chi connectivity index (χ0v) is 17.7. The molecule has 1 saturated carbocycles. The van der Waals surface area contributed by atoms with Crippen LogP contribution in [0.5, 0.6) is 0 Å². The van der Waals surface area contributed by atoms with E-state index in [1.54, 1.807) is 0 Å². The van der Waals surface area contributed by atoms with Gasteiger partial charge in [-0.05, 0) is 38.6 Å². The van der Waals surface area contributed by atoms with Crippen LogP contribution in [0.2, 0.25) is 0 Å². The second kappa shape index (κ2) is 13.2. The largest absolute Gasteiger partial charge is 0.481 e. The van der Waals surface area contributed by atoms with Crippen molar-refractivity contribution in [2.45, 2.75) is 76.1 Å². The maximum absolute atomic E-state index is 12.5. The lowest BCUT2D eigenvalue weighted by molar-refractivity contribution is -0.208. The number of carboxylic acid groups (broad SMARTS) is 1. The molecule has 0 aromatic rings. The number of alkyl halides is 6. The SMILES string of the molecule is CC(=O)O.O=C(NCC1CCCCN1)C1CC(OCC(F)(F)F)CCC1OCC(F)(F)F. The smallest absolute Gasteiger partial charge is 0.411 e. The fourth-order valence-electron chi connectivity index (χ4n) is 3.60. The van der Waals surface area contributed by atoms with Gasteiger partial charge in [0.15, 0.2) is 0 Å². The van der Waals surface area contributed by atoms with Crippen LogP contribution in [0.4, 0.5) is 26.3 Å². The van der Waals surface area contributed by atoms with E-state index < -0.39 is 55.6 Å². The predicted octanol–water partition coefficient (Wildman–Crippen LogP) is 3.03. The molecule has 1 saturated heterocycles. The van der Waals surface area contributed by atoms with Crippen LogP contribution in [0, 0.1) is 5.92 Å². The van der Waals surface area contributed by atoms with Gasteiger partial charge in [-0.1, -0.05) is 6.42 Å². The standard InChI is InChI=1S/C17H26F6N2O3.C2H4O2/c18-16(19,20)9-27-12-4-5-14(28-10-17(21,22)23)13(7-12)15(26)25-8-11-3-1-2-6-24-11;1-2(3)4/h11-14,24H,1-10H2,(H,25,26);1H3,(H,3,4). The second-order valence-corrected chi connectivity index (χ2v) is 7.84. The van der Waals surface area contributed by atoms with E-state index in [-0.39, 0.29) is 25.3 Å². The van der Waals surface area contributed by atoms with Gasteiger partial charge in [-0.2, -0.15) is 26.3 Å². The van der Waals surface area contributed by atoms with Gasteiger partial charge >= 0.3 is 12.4 Å². The first kappa shape index (κ1) is 28.4. The van der Waals surface area contributed by atoms with Gasteiger partial charge in [0.1, 0.15) is 13.2 Å². The summed E-state index contributed by atoms with van der Waals surface area (Å²) in [6.45, 7) is -0.726. The number of piperidine rings is 1. The summed E-state index contributed by atoms with van der Waals surface area (Å²) in [6.07, 6.45) is -7.96. The zero-order chi connectivity index (χ0) is 24.4. The third kappa shape index (κ3) is 13.1. The monoisotopic (exact) mass is 480 g/mol. The Kier molecular flexibility index (Phi) is 11.7. The van der Waals surface area contributed by atoms with E-state index in [0.717, 1.165) is 32.7 Å². The van der Waals surface area contributed by atoms with E-state index in [1.807, 2.05) is 0 Å². The summed E-state index contributed by atoms with van der Waals surface area (Å²) in [7, 11) is 0. The summed E-state index contributed by atoms with van der Waals surface area (Å²) in [5, 5.41) is 13.4. The summed E-state index contributed by atoms with van der Waals surface area (Å²) in [4.78, 5) is 21.5. The van der Waals surface area contributed by atoms with Crippen LogP contribution in [-0.2, 0) is 19.1 Å². The van der Waals surface area contributed by atoms with Crippen molar-refractivity contribution in [3.05, 3.63) is 0 Å². The minimum Gasteiger partial charge on any atom is -0.481 e. The van der Waals surface area contributed by atoms with Crippen molar-refractivity contribution in [3.63, 3.8) is 0 Å². The van der Waals surface area contributed by atoms with E-state index >= 15 is 0 Å². The molecule has 0 radical (unpaired) electrons. The normalized spacial score (nSPS) is 26.6. The number of carboxylic acids is 1. The van der Waals surface area contributed by atoms with Gasteiger partial charge in [0.05, 0.1) is 18.1 Å². The first-order chi connectivity index (χ1) is 14.8. The maximum atomic E-state index is 12.5. The number of hydrogen-bond acceptors (Lipinski definition) is 5. The molecular weight excluding hydrogens is 450 g/mol. The van der Waals surface area contributed by atoms with Gasteiger partial charge in [0.25, 0.3) is 5.97 Å². The molecule has 4 atom stereocenters. The van der Waals surface area contributed by atoms with E-state index in [4.69, 9.17) is 19.4 Å². The Bertz CT molecular complexity index is 578. The number of hydrogen-bond donors (Lipinski definition) is 3. The van der Waals surface area contributed by atoms with Gasteiger partial charge in [0, 0.05) is 19.5 Å². The van der Waals surface area contributed by atoms with Crippen molar-refractivity contribution < 1.29 is 50.5 Å². The second-order valence-electron chi connectivity index (χ2n) is 7.84. The predicted molar refractivity (Wildman–Crippen MR) is 101 cm³/mol. The van der Waals surface area contributed by atoms with Crippen LogP contribution in [0.15, 0.2) is 0 Å². The lowest BCUT2D eigenvalue weighted by Crippen LogP contribution is -2.49. The van der Waals surface area contributed by atoms with Gasteiger partial charge in [0.2, 0.25) is 5.91 Å². The third-order valence-electron chi connectivity index (χ3n) is 4.95. The number of amides is 1. The zero-order valence-electron chi connectivity index (χ0n) is 17.7. The first-order valence-electron chi connectivity index (χ1n) is 10.3. The first-order valence-corrected chi connectivity index (χ1v) is 10.3. The van der Waals surface area contributed by atoms with Crippen LogP contribution in [-0.4, -0.2) is 73.9 Å². The molecule has 1 aliphatic heterocycles. The highest BCUT2D eigenvalue weighted by Gasteiger charge is 2.40. The minimum absolute atomic E-state index is 0.0262. The molecule has 1 aliphatic carbocycles. The van der Waals surface area contributed by atoms with Gasteiger partial charge in [-0.3, -0.25) is 9.59 Å². The fourth-order valence-corrected chi connectivity index (χ4v) is 3.60. The molecule has 2 rings (SSSR count). The van der Waals surface area contributed by atoms with Crippen molar-refractivity contribution in [1.29, 1.82) is 0 Å². The summed E-state index contributed by atoms with van der Waals surface area (Å²) >= 11 is 0. The molecule has 4 unspecified atom stereocenters. The summed E-state index contributed by atoms with van der Waals surface area (Å²) < 4.78 is 84.2. The number of aliphatic carboxylic acids is 1. The average molecular weight is 480 g/mol. The number of rotatable bonds is 7. The molecule has 3 N–H and O–H groups in total. The highest BCUT2D eigenvalue weighted by molar-refractivity contribution is 5.79. The quantitative estimate of drug-likeness (QED) is 0.485. The van der Waals surface area contributed by atoms with Crippen molar-refractivity contribution in [3.8, 4) is 0 Å². The Hall–Kier alpha value is -1.60. The summed E-state index contributed by atoms with van der Waals surface area (Å²) in [5.41, 5.74) is 0. The summed E-state index contributed by atoms with van der Waals surface area (Å²) in [6, 6.07) is 0.0770. The Morgan fingerprint density at radius 1 is 1.00 bits per heavy atom. The molecule has 1 heterocycles. The Morgan fingerprint density at radius 2 is 1.59 bits per heavy atom. The molecule has 0 aromatic carbocycles. The molecule has 13 heteroatoms. The van der Waals surface area contributed by atoms with Crippen molar-refractivity contribution in [2.75, 3.05) is 26.3 Å². The number of ether oxygens (including phenoxy) is 2. The molecule has 2 aliphatic rings. The highest BCUT2D eigenvalue weighted by Crippen LogP contribution is 2.32. The molecule has 7 nitrogen and oxygen atoms in total. The molecule has 188 valence electrons. The van der Waals surface area contributed by atoms with Crippen LogP contribution in [0.3, 0.4) is 0 Å². The highest BCUT2D eigenvalue weighted by atomic mass is 19.4. The van der Waals surface area contributed by atoms with Crippen LogP contribution in [0.1, 0.15) is 45.4 Å². The molecule has 0 bridgehead atoms. The molecule has 2 fully saturated rings.